The Morgan fingerprint density at radius 3 is 2.35 bits per heavy atom. The van der Waals surface area contributed by atoms with E-state index in [9.17, 15) is 0 Å². The third kappa shape index (κ3) is 3.53. The van der Waals surface area contributed by atoms with E-state index in [2.05, 4.69) is 59.2 Å². The third-order valence-corrected chi connectivity index (χ3v) is 3.36. The highest BCUT2D eigenvalue weighted by Gasteiger charge is 2.18. The minimum absolute atomic E-state index is 0.985. The van der Waals surface area contributed by atoms with Crippen LogP contribution in [-0.2, 0) is 6.54 Å². The highest BCUT2D eigenvalue weighted by molar-refractivity contribution is 5.14. The van der Waals surface area contributed by atoms with Crippen molar-refractivity contribution in [2.24, 2.45) is 0 Å². The van der Waals surface area contributed by atoms with Gasteiger partial charge in [-0.15, -0.1) is 0 Å². The quantitative estimate of drug-likeness (QED) is 0.784. The van der Waals surface area contributed by atoms with Crippen LogP contribution in [0.3, 0.4) is 0 Å². The number of rotatable bonds is 4. The molecule has 1 aliphatic rings. The zero-order valence-corrected chi connectivity index (χ0v) is 10.7. The highest BCUT2D eigenvalue weighted by Crippen LogP contribution is 2.09. The summed E-state index contributed by atoms with van der Waals surface area (Å²) in [4.78, 5) is 2.51. The molecule has 2 rings (SSSR count). The van der Waals surface area contributed by atoms with E-state index in [1.807, 2.05) is 0 Å². The van der Waals surface area contributed by atoms with Gasteiger partial charge in [-0.05, 0) is 5.56 Å². The van der Waals surface area contributed by atoms with Gasteiger partial charge in [-0.1, -0.05) is 37.3 Å². The van der Waals surface area contributed by atoms with E-state index in [0.717, 1.165) is 39.3 Å². The van der Waals surface area contributed by atoms with E-state index >= 15 is 0 Å². The second kappa shape index (κ2) is 6.15. The summed E-state index contributed by atoms with van der Waals surface area (Å²) in [6.07, 6.45) is 0. The van der Waals surface area contributed by atoms with Crippen molar-refractivity contribution in [2.75, 3.05) is 32.7 Å². The number of benzene rings is 1. The summed E-state index contributed by atoms with van der Waals surface area (Å²) in [5.74, 6) is 0. The first-order chi connectivity index (χ1) is 8.29. The predicted molar refractivity (Wildman–Crippen MR) is 71.0 cm³/mol. The molecule has 1 radical (unpaired) electrons. The molecule has 1 heterocycles. The smallest absolute Gasteiger partial charge is 0.0275 e. The van der Waals surface area contributed by atoms with Crippen molar-refractivity contribution >= 4 is 0 Å². The average molecular weight is 232 g/mol. The Balaban J connectivity index is 1.80. The van der Waals surface area contributed by atoms with Gasteiger partial charge >= 0.3 is 0 Å². The van der Waals surface area contributed by atoms with Gasteiger partial charge in [0.1, 0.15) is 0 Å². The average Bonchev–Trinajstić information content (AvgIpc) is 2.40. The molecule has 3 nitrogen and oxygen atoms in total. The molecule has 1 saturated heterocycles. The van der Waals surface area contributed by atoms with Gasteiger partial charge in [0.15, 0.2) is 0 Å². The maximum absolute atomic E-state index is 4.03. The van der Waals surface area contributed by atoms with Crippen molar-refractivity contribution in [3.05, 3.63) is 42.9 Å². The Morgan fingerprint density at radius 2 is 1.76 bits per heavy atom. The van der Waals surface area contributed by atoms with Crippen LogP contribution in [0.15, 0.2) is 30.3 Å². The second-order valence-corrected chi connectivity index (χ2v) is 4.54. The van der Waals surface area contributed by atoms with Crippen molar-refractivity contribution in [3.63, 3.8) is 0 Å². The molecule has 3 heteroatoms. The molecule has 0 saturated carbocycles. The van der Waals surface area contributed by atoms with Gasteiger partial charge in [0.25, 0.3) is 0 Å². The lowest BCUT2D eigenvalue weighted by Gasteiger charge is -2.39. The lowest BCUT2D eigenvalue weighted by molar-refractivity contribution is -0.0220. The van der Waals surface area contributed by atoms with E-state index in [1.165, 1.54) is 5.56 Å². The Kier molecular flexibility index (Phi) is 4.54. The number of hydrogen-bond acceptors (Lipinski definition) is 3. The van der Waals surface area contributed by atoms with Gasteiger partial charge in [0.2, 0.25) is 0 Å². The van der Waals surface area contributed by atoms with Gasteiger partial charge in [-0.2, -0.15) is 0 Å². The van der Waals surface area contributed by atoms with Gasteiger partial charge in [-0.3, -0.25) is 4.90 Å². The molecule has 1 fully saturated rings. The van der Waals surface area contributed by atoms with E-state index in [-0.39, 0.29) is 0 Å². The maximum Gasteiger partial charge on any atom is 0.0275 e. The zero-order chi connectivity index (χ0) is 12.1. The molecule has 0 aliphatic carbocycles. The van der Waals surface area contributed by atoms with E-state index in [0.29, 0.717) is 0 Å². The van der Waals surface area contributed by atoms with E-state index in [4.69, 9.17) is 0 Å². The summed E-state index contributed by atoms with van der Waals surface area (Å²) < 4.78 is 0. The van der Waals surface area contributed by atoms with Crippen LogP contribution >= 0.6 is 0 Å². The molecule has 0 bridgehead atoms. The molecule has 93 valence electrons. The third-order valence-electron chi connectivity index (χ3n) is 3.36. The van der Waals surface area contributed by atoms with Gasteiger partial charge in [0.05, 0.1) is 0 Å². The van der Waals surface area contributed by atoms with Crippen molar-refractivity contribution in [3.8, 4) is 0 Å². The molecule has 17 heavy (non-hydrogen) atoms. The van der Waals surface area contributed by atoms with Crippen LogP contribution in [0.1, 0.15) is 12.5 Å². The summed E-state index contributed by atoms with van der Waals surface area (Å²) in [6, 6.07) is 10.7. The van der Waals surface area contributed by atoms with Crippen LogP contribution in [0, 0.1) is 7.05 Å². The molecule has 1 aliphatic heterocycles. The van der Waals surface area contributed by atoms with E-state index in [1.54, 1.807) is 0 Å². The molecule has 0 atom stereocenters. The number of hydrogen-bond donors (Lipinski definition) is 0. The first-order valence-corrected chi connectivity index (χ1v) is 6.38. The van der Waals surface area contributed by atoms with Crippen LogP contribution in [0.2, 0.25) is 0 Å². The molecule has 0 unspecified atom stereocenters. The normalized spacial score (nSPS) is 18.8. The molecule has 0 spiro atoms. The minimum atomic E-state index is 0.985. The van der Waals surface area contributed by atoms with Crippen molar-refractivity contribution in [1.29, 1.82) is 0 Å². The van der Waals surface area contributed by atoms with Crippen LogP contribution in [0.25, 0.3) is 0 Å². The monoisotopic (exact) mass is 232 g/mol. The first-order valence-electron chi connectivity index (χ1n) is 6.38. The van der Waals surface area contributed by atoms with E-state index < -0.39 is 0 Å². The molecular formula is C14H22N3. The van der Waals surface area contributed by atoms with Crippen molar-refractivity contribution in [2.45, 2.75) is 13.5 Å². The molecule has 0 amide bonds. The van der Waals surface area contributed by atoms with Crippen LogP contribution in [-0.4, -0.2) is 47.6 Å². The first kappa shape index (κ1) is 12.6. The standard InChI is InChI=1S/C14H22N3/c1-3-15(2)17-11-9-16(10-12-17)13-14-7-5-4-6-8-14/h4-8H,2-3,9-13H2,1H3. The van der Waals surface area contributed by atoms with Crippen LogP contribution in [0.5, 0.6) is 0 Å². The minimum Gasteiger partial charge on any atom is -0.296 e. The molecule has 0 aromatic heterocycles. The molecular weight excluding hydrogens is 210 g/mol. The zero-order valence-electron chi connectivity index (χ0n) is 10.7. The Bertz CT molecular complexity index is 317. The highest BCUT2D eigenvalue weighted by atomic mass is 15.6. The SMILES string of the molecule is [CH2]N(CC)N1CCN(Cc2ccccc2)CC1. The molecule has 1 aromatic rings. The largest absolute Gasteiger partial charge is 0.296 e. The summed E-state index contributed by atoms with van der Waals surface area (Å²) in [6.45, 7) is 8.62. The van der Waals surface area contributed by atoms with Crippen molar-refractivity contribution < 1.29 is 0 Å². The van der Waals surface area contributed by atoms with Gasteiger partial charge < -0.3 is 0 Å². The summed E-state index contributed by atoms with van der Waals surface area (Å²) in [5, 5.41) is 4.40. The summed E-state index contributed by atoms with van der Waals surface area (Å²) in [5.41, 5.74) is 1.41. The fraction of sp³-hybridized carbons (Fsp3) is 0.500. The fourth-order valence-corrected chi connectivity index (χ4v) is 2.22. The molecule has 0 N–H and O–H groups in total. The number of piperazine rings is 1. The van der Waals surface area contributed by atoms with Crippen LogP contribution in [0.4, 0.5) is 0 Å². The lowest BCUT2D eigenvalue weighted by atomic mass is 10.2. The Labute approximate surface area is 105 Å². The maximum atomic E-state index is 4.03. The second-order valence-electron chi connectivity index (χ2n) is 4.54. The van der Waals surface area contributed by atoms with Crippen molar-refractivity contribution in [1.82, 2.24) is 14.9 Å². The van der Waals surface area contributed by atoms with Gasteiger partial charge in [-0.25, -0.2) is 10.0 Å². The summed E-state index contributed by atoms with van der Waals surface area (Å²) in [7, 11) is 4.03. The fourth-order valence-electron chi connectivity index (χ4n) is 2.22. The summed E-state index contributed by atoms with van der Waals surface area (Å²) >= 11 is 0. The molecule has 1 aromatic carbocycles. The Hall–Kier alpha value is -0.900. The number of hydrazine groups is 1. The number of nitrogens with zero attached hydrogens (tertiary/aromatic N) is 3. The van der Waals surface area contributed by atoms with Gasteiger partial charge in [0, 0.05) is 46.3 Å². The lowest BCUT2D eigenvalue weighted by Crippen LogP contribution is -2.51. The Morgan fingerprint density at radius 1 is 1.12 bits per heavy atom. The van der Waals surface area contributed by atoms with Crippen LogP contribution < -0.4 is 0 Å². The predicted octanol–water partition coefficient (Wildman–Crippen LogP) is 1.83. The topological polar surface area (TPSA) is 9.72 Å².